The van der Waals surface area contributed by atoms with Crippen molar-refractivity contribution in [3.63, 3.8) is 0 Å². The normalized spacial score (nSPS) is 10.9. The highest BCUT2D eigenvalue weighted by atomic mass is 79.9. The number of rotatable bonds is 3. The van der Waals surface area contributed by atoms with Gasteiger partial charge < -0.3 is 4.74 Å². The maximum atomic E-state index is 13.5. The number of aldehydes is 1. The van der Waals surface area contributed by atoms with Crippen molar-refractivity contribution in [2.75, 3.05) is 0 Å². The molecule has 0 atom stereocenters. The van der Waals surface area contributed by atoms with Crippen molar-refractivity contribution in [3.05, 3.63) is 44.7 Å². The minimum Gasteiger partial charge on any atom is -0.436 e. The van der Waals surface area contributed by atoms with Crippen molar-refractivity contribution < 1.29 is 13.9 Å². The lowest BCUT2D eigenvalue weighted by atomic mass is 10.3. The maximum Gasteiger partial charge on any atom is 0.250 e. The number of benzene rings is 1. The van der Waals surface area contributed by atoms with Gasteiger partial charge in [0.1, 0.15) is 11.6 Å². The van der Waals surface area contributed by atoms with Crippen LogP contribution in [-0.4, -0.2) is 15.7 Å². The van der Waals surface area contributed by atoms with E-state index in [0.717, 1.165) is 6.07 Å². The summed E-state index contributed by atoms with van der Waals surface area (Å²) in [5.74, 6) is -0.298. The van der Waals surface area contributed by atoms with E-state index in [0.29, 0.717) is 15.7 Å². The number of carbonyl (C=O) groups is 1. The first-order valence-corrected chi connectivity index (χ1v) is 7.38. The Hall–Kier alpha value is -1.44. The standard InChI is InChI=1S/C12H5BrClFN2O2S/c13-6-3-7(14)8(15)4-10(6)19-11-9(5-18)17-1-2-20-12(17)16-11/h1-5H. The lowest BCUT2D eigenvalue weighted by Crippen LogP contribution is -1.93. The maximum absolute atomic E-state index is 13.5. The fourth-order valence-electron chi connectivity index (χ4n) is 1.65. The van der Waals surface area contributed by atoms with E-state index in [-0.39, 0.29) is 22.3 Å². The molecule has 2 aromatic heterocycles. The van der Waals surface area contributed by atoms with E-state index in [1.165, 1.54) is 17.4 Å². The Labute approximate surface area is 129 Å². The molecule has 0 radical (unpaired) electrons. The fourth-order valence-corrected chi connectivity index (χ4v) is 3.08. The second-order valence-corrected chi connectivity index (χ2v) is 5.91. The molecule has 20 heavy (non-hydrogen) atoms. The van der Waals surface area contributed by atoms with Crippen molar-refractivity contribution in [2.45, 2.75) is 0 Å². The van der Waals surface area contributed by atoms with Crippen molar-refractivity contribution in [1.29, 1.82) is 0 Å². The molecule has 0 fully saturated rings. The molecule has 0 bridgehead atoms. The van der Waals surface area contributed by atoms with Gasteiger partial charge in [-0.2, -0.15) is 4.98 Å². The Bertz CT molecular complexity index is 817. The summed E-state index contributed by atoms with van der Waals surface area (Å²) >= 11 is 10.2. The molecule has 2 heterocycles. The number of fused-ring (bicyclic) bond motifs is 1. The Morgan fingerprint density at radius 2 is 2.30 bits per heavy atom. The summed E-state index contributed by atoms with van der Waals surface area (Å²) in [5.41, 5.74) is 0.267. The van der Waals surface area contributed by atoms with Crippen LogP contribution in [0, 0.1) is 5.82 Å². The van der Waals surface area contributed by atoms with E-state index < -0.39 is 5.82 Å². The van der Waals surface area contributed by atoms with Gasteiger partial charge in [-0.25, -0.2) is 4.39 Å². The minimum absolute atomic E-state index is 0.0225. The Kier molecular flexibility index (Phi) is 3.49. The van der Waals surface area contributed by atoms with E-state index in [1.807, 2.05) is 0 Å². The van der Waals surface area contributed by atoms with E-state index in [4.69, 9.17) is 16.3 Å². The van der Waals surface area contributed by atoms with Gasteiger partial charge in [-0.15, -0.1) is 11.3 Å². The number of nitrogens with zero attached hydrogens (tertiary/aromatic N) is 2. The third-order valence-electron chi connectivity index (χ3n) is 2.56. The summed E-state index contributed by atoms with van der Waals surface area (Å²) in [7, 11) is 0. The number of ether oxygens (including phenoxy) is 1. The van der Waals surface area contributed by atoms with Gasteiger partial charge in [-0.3, -0.25) is 9.20 Å². The molecular formula is C12H5BrClFN2O2S. The smallest absolute Gasteiger partial charge is 0.250 e. The van der Waals surface area contributed by atoms with Crippen molar-refractivity contribution in [3.8, 4) is 11.6 Å². The summed E-state index contributed by atoms with van der Waals surface area (Å²) in [6.45, 7) is 0. The molecule has 0 saturated heterocycles. The van der Waals surface area contributed by atoms with Gasteiger partial charge in [-0.1, -0.05) is 11.6 Å². The van der Waals surface area contributed by atoms with Gasteiger partial charge in [0.15, 0.2) is 16.9 Å². The summed E-state index contributed by atoms with van der Waals surface area (Å²) in [4.78, 5) is 16.0. The molecule has 0 aliphatic heterocycles. The topological polar surface area (TPSA) is 43.6 Å². The number of carbonyl (C=O) groups excluding carboxylic acids is 1. The van der Waals surface area contributed by atoms with E-state index >= 15 is 0 Å². The summed E-state index contributed by atoms with van der Waals surface area (Å²) in [6.07, 6.45) is 2.35. The van der Waals surface area contributed by atoms with Gasteiger partial charge in [0.05, 0.1) is 9.50 Å². The Morgan fingerprint density at radius 3 is 3.05 bits per heavy atom. The molecule has 102 valence electrons. The van der Waals surface area contributed by atoms with Crippen LogP contribution >= 0.6 is 38.9 Å². The molecule has 3 aromatic rings. The zero-order chi connectivity index (χ0) is 14.3. The average molecular weight is 376 g/mol. The van der Waals surface area contributed by atoms with Gasteiger partial charge in [0.25, 0.3) is 0 Å². The van der Waals surface area contributed by atoms with Crippen LogP contribution in [-0.2, 0) is 0 Å². The van der Waals surface area contributed by atoms with Gasteiger partial charge in [-0.05, 0) is 22.0 Å². The molecule has 3 rings (SSSR count). The molecule has 0 amide bonds. The van der Waals surface area contributed by atoms with Crippen LogP contribution in [0.2, 0.25) is 5.02 Å². The molecule has 0 unspecified atom stereocenters. The first-order valence-electron chi connectivity index (χ1n) is 5.33. The lowest BCUT2D eigenvalue weighted by Gasteiger charge is -2.06. The number of imidazole rings is 1. The SMILES string of the molecule is O=Cc1c(Oc2cc(F)c(Cl)cc2Br)nc2sccn12. The third-order valence-corrected chi connectivity index (χ3v) is 4.22. The van der Waals surface area contributed by atoms with Crippen LogP contribution in [0.25, 0.3) is 4.96 Å². The highest BCUT2D eigenvalue weighted by Gasteiger charge is 2.17. The van der Waals surface area contributed by atoms with Crippen LogP contribution in [0.15, 0.2) is 28.2 Å². The first-order chi connectivity index (χ1) is 9.60. The number of aromatic nitrogens is 2. The molecule has 0 aliphatic carbocycles. The van der Waals surface area contributed by atoms with Crippen LogP contribution < -0.4 is 4.74 Å². The van der Waals surface area contributed by atoms with Crippen molar-refractivity contribution in [1.82, 2.24) is 9.38 Å². The monoisotopic (exact) mass is 374 g/mol. The predicted molar refractivity (Wildman–Crippen MR) is 77.6 cm³/mol. The largest absolute Gasteiger partial charge is 0.436 e. The quantitative estimate of drug-likeness (QED) is 0.498. The van der Waals surface area contributed by atoms with Crippen LogP contribution in [0.1, 0.15) is 10.5 Å². The molecule has 0 aliphatic rings. The average Bonchev–Trinajstić information content (AvgIpc) is 2.96. The molecule has 0 N–H and O–H groups in total. The lowest BCUT2D eigenvalue weighted by molar-refractivity contribution is 0.111. The highest BCUT2D eigenvalue weighted by Crippen LogP contribution is 2.35. The first kappa shape index (κ1) is 13.5. The molecule has 0 spiro atoms. The molecular weight excluding hydrogens is 371 g/mol. The predicted octanol–water partition coefficient (Wildman–Crippen LogP) is 4.56. The van der Waals surface area contributed by atoms with Crippen LogP contribution in [0.3, 0.4) is 0 Å². The number of halogens is 3. The summed E-state index contributed by atoms with van der Waals surface area (Å²) in [5, 5.41) is 1.78. The summed E-state index contributed by atoms with van der Waals surface area (Å²) < 4.78 is 21.0. The van der Waals surface area contributed by atoms with E-state index in [9.17, 15) is 9.18 Å². The number of hydrogen-bond donors (Lipinski definition) is 0. The van der Waals surface area contributed by atoms with Crippen molar-refractivity contribution >= 4 is 50.1 Å². The molecule has 8 heteroatoms. The third kappa shape index (κ3) is 2.21. The van der Waals surface area contributed by atoms with Gasteiger partial charge in [0.2, 0.25) is 5.88 Å². The molecule has 4 nitrogen and oxygen atoms in total. The Balaban J connectivity index is 2.07. The second kappa shape index (κ2) is 5.16. The van der Waals surface area contributed by atoms with Gasteiger partial charge in [0, 0.05) is 17.6 Å². The van der Waals surface area contributed by atoms with E-state index in [2.05, 4.69) is 20.9 Å². The number of thiazole rings is 1. The Morgan fingerprint density at radius 1 is 1.50 bits per heavy atom. The minimum atomic E-state index is -0.612. The fraction of sp³-hybridized carbons (Fsp3) is 0. The van der Waals surface area contributed by atoms with Crippen LogP contribution in [0.5, 0.6) is 11.6 Å². The highest BCUT2D eigenvalue weighted by molar-refractivity contribution is 9.10. The summed E-state index contributed by atoms with van der Waals surface area (Å²) in [6, 6.07) is 2.51. The molecule has 1 aromatic carbocycles. The number of hydrogen-bond acceptors (Lipinski definition) is 4. The van der Waals surface area contributed by atoms with Crippen molar-refractivity contribution in [2.24, 2.45) is 0 Å². The zero-order valence-corrected chi connectivity index (χ0v) is 12.8. The molecule has 0 saturated carbocycles. The van der Waals surface area contributed by atoms with Crippen LogP contribution in [0.4, 0.5) is 4.39 Å². The zero-order valence-electron chi connectivity index (χ0n) is 9.64. The second-order valence-electron chi connectivity index (χ2n) is 3.77. The van der Waals surface area contributed by atoms with Gasteiger partial charge >= 0.3 is 0 Å². The van der Waals surface area contributed by atoms with E-state index in [1.54, 1.807) is 16.0 Å².